The molecule has 0 spiro atoms. The van der Waals surface area contributed by atoms with E-state index < -0.39 is 0 Å². The van der Waals surface area contributed by atoms with Crippen molar-refractivity contribution in [1.29, 1.82) is 0 Å². The molecule has 7 heteroatoms. The number of hydrogen-bond donors (Lipinski definition) is 1. The third-order valence-corrected chi connectivity index (χ3v) is 3.89. The average molecular weight is 393 g/mol. The molecule has 0 aliphatic rings. The molecule has 150 valence electrons. The lowest BCUT2D eigenvalue weighted by Crippen LogP contribution is -2.32. The number of rotatable bonds is 10. The fourth-order valence-corrected chi connectivity index (χ4v) is 2.54. The van der Waals surface area contributed by atoms with Gasteiger partial charge in [-0.25, -0.2) is 0 Å². The molecule has 3 rings (SSSR count). The molecule has 0 saturated carbocycles. The molecule has 0 fully saturated rings. The molecule has 0 radical (unpaired) electrons. The number of amides is 1. The maximum atomic E-state index is 11.9. The van der Waals surface area contributed by atoms with E-state index in [1.165, 1.54) is 0 Å². The first kappa shape index (κ1) is 20.1. The van der Waals surface area contributed by atoms with Crippen LogP contribution in [0.15, 0.2) is 66.7 Å². The molecule has 0 aliphatic heterocycles. The van der Waals surface area contributed by atoms with Crippen molar-refractivity contribution < 1.29 is 19.0 Å². The Morgan fingerprint density at radius 1 is 0.862 bits per heavy atom. The van der Waals surface area contributed by atoms with E-state index in [0.29, 0.717) is 30.5 Å². The van der Waals surface area contributed by atoms with Gasteiger partial charge >= 0.3 is 0 Å². The van der Waals surface area contributed by atoms with Crippen LogP contribution >= 0.6 is 0 Å². The highest BCUT2D eigenvalue weighted by Crippen LogP contribution is 2.26. The molecule has 1 N–H and O–H groups in total. The Kier molecular flexibility index (Phi) is 7.40. The first-order valence-electron chi connectivity index (χ1n) is 9.39. The van der Waals surface area contributed by atoms with Gasteiger partial charge in [-0.2, -0.15) is 0 Å². The number of hydrogen-bond acceptors (Lipinski definition) is 6. The molecule has 0 bridgehead atoms. The van der Waals surface area contributed by atoms with E-state index in [4.69, 9.17) is 14.2 Å². The van der Waals surface area contributed by atoms with Crippen LogP contribution in [0, 0.1) is 0 Å². The molecule has 0 aliphatic carbocycles. The van der Waals surface area contributed by atoms with Gasteiger partial charge in [-0.1, -0.05) is 42.5 Å². The number of nitrogens with one attached hydrogen (secondary N) is 1. The smallest absolute Gasteiger partial charge is 0.258 e. The van der Waals surface area contributed by atoms with E-state index in [1.807, 2.05) is 55.5 Å². The van der Waals surface area contributed by atoms with E-state index in [2.05, 4.69) is 15.5 Å². The molecule has 29 heavy (non-hydrogen) atoms. The maximum absolute atomic E-state index is 11.9. The number of aromatic nitrogens is 2. The molecular formula is C22H23N3O4. The Morgan fingerprint density at radius 3 is 2.28 bits per heavy atom. The van der Waals surface area contributed by atoms with E-state index in [-0.39, 0.29) is 19.1 Å². The van der Waals surface area contributed by atoms with Gasteiger partial charge in [0.05, 0.1) is 18.8 Å². The van der Waals surface area contributed by atoms with Crippen LogP contribution in [0.25, 0.3) is 11.3 Å². The average Bonchev–Trinajstić information content (AvgIpc) is 2.77. The highest BCUT2D eigenvalue weighted by molar-refractivity contribution is 5.77. The number of ether oxygens (including phenoxy) is 3. The van der Waals surface area contributed by atoms with Gasteiger partial charge in [0.1, 0.15) is 6.61 Å². The van der Waals surface area contributed by atoms with Crippen molar-refractivity contribution in [2.45, 2.75) is 6.92 Å². The Labute approximate surface area is 169 Å². The SMILES string of the molecule is CCOc1ccccc1OCC(=O)NCCOc1ccc(-c2ccccc2)nn1. The van der Waals surface area contributed by atoms with Crippen LogP contribution in [0.1, 0.15) is 6.92 Å². The van der Waals surface area contributed by atoms with Crippen LogP contribution in [0.2, 0.25) is 0 Å². The number of para-hydroxylation sites is 2. The summed E-state index contributed by atoms with van der Waals surface area (Å²) in [6.07, 6.45) is 0. The summed E-state index contributed by atoms with van der Waals surface area (Å²) < 4.78 is 16.5. The zero-order valence-corrected chi connectivity index (χ0v) is 16.2. The summed E-state index contributed by atoms with van der Waals surface area (Å²) in [6, 6.07) is 20.6. The normalized spacial score (nSPS) is 10.2. The fraction of sp³-hybridized carbons (Fsp3) is 0.227. The Morgan fingerprint density at radius 2 is 1.59 bits per heavy atom. The van der Waals surface area contributed by atoms with Gasteiger partial charge in [0, 0.05) is 11.6 Å². The summed E-state index contributed by atoms with van der Waals surface area (Å²) >= 11 is 0. The number of nitrogens with zero attached hydrogens (tertiary/aromatic N) is 2. The molecule has 0 atom stereocenters. The summed E-state index contributed by atoms with van der Waals surface area (Å²) in [4.78, 5) is 11.9. The maximum Gasteiger partial charge on any atom is 0.258 e. The van der Waals surface area contributed by atoms with Crippen LogP contribution in [-0.2, 0) is 4.79 Å². The minimum Gasteiger partial charge on any atom is -0.490 e. The summed E-state index contributed by atoms with van der Waals surface area (Å²) in [5.41, 5.74) is 1.76. The van der Waals surface area contributed by atoms with Gasteiger partial charge in [0.2, 0.25) is 5.88 Å². The number of carbonyl (C=O) groups is 1. The minimum absolute atomic E-state index is 0.102. The molecular weight excluding hydrogens is 370 g/mol. The van der Waals surface area contributed by atoms with E-state index in [1.54, 1.807) is 18.2 Å². The van der Waals surface area contributed by atoms with Crippen LogP contribution in [-0.4, -0.2) is 42.5 Å². The molecule has 1 heterocycles. The third kappa shape index (κ3) is 6.21. The lowest BCUT2D eigenvalue weighted by molar-refractivity contribution is -0.123. The second-order valence-electron chi connectivity index (χ2n) is 5.99. The quantitative estimate of drug-likeness (QED) is 0.533. The summed E-state index contributed by atoms with van der Waals surface area (Å²) in [6.45, 7) is 2.93. The predicted molar refractivity (Wildman–Crippen MR) is 109 cm³/mol. The molecule has 7 nitrogen and oxygen atoms in total. The lowest BCUT2D eigenvalue weighted by atomic mass is 10.1. The first-order chi connectivity index (χ1) is 14.3. The van der Waals surface area contributed by atoms with Gasteiger partial charge in [0.25, 0.3) is 5.91 Å². The molecule has 1 amide bonds. The van der Waals surface area contributed by atoms with Crippen LogP contribution in [0.3, 0.4) is 0 Å². The van der Waals surface area contributed by atoms with E-state index >= 15 is 0 Å². The number of benzene rings is 2. The van der Waals surface area contributed by atoms with Crippen LogP contribution < -0.4 is 19.5 Å². The van der Waals surface area contributed by atoms with Crippen molar-refractivity contribution in [2.75, 3.05) is 26.4 Å². The van der Waals surface area contributed by atoms with Crippen LogP contribution in [0.4, 0.5) is 0 Å². The standard InChI is InChI=1S/C22H23N3O4/c1-2-27-19-10-6-7-11-20(19)29-16-21(26)23-14-15-28-22-13-12-18(24-25-22)17-8-4-3-5-9-17/h3-13H,2,14-16H2,1H3,(H,23,26). The second kappa shape index (κ2) is 10.7. The van der Waals surface area contributed by atoms with Crippen molar-refractivity contribution in [3.05, 3.63) is 66.7 Å². The van der Waals surface area contributed by atoms with Gasteiger partial charge in [-0.15, -0.1) is 10.2 Å². The molecule has 2 aromatic carbocycles. The summed E-state index contributed by atoms with van der Waals surface area (Å²) in [5.74, 6) is 1.31. The largest absolute Gasteiger partial charge is 0.490 e. The highest BCUT2D eigenvalue weighted by Gasteiger charge is 2.07. The highest BCUT2D eigenvalue weighted by atomic mass is 16.5. The van der Waals surface area contributed by atoms with E-state index in [9.17, 15) is 4.79 Å². The Bertz CT molecular complexity index is 901. The Hall–Kier alpha value is -3.61. The third-order valence-electron chi connectivity index (χ3n) is 3.89. The second-order valence-corrected chi connectivity index (χ2v) is 5.99. The monoisotopic (exact) mass is 393 g/mol. The van der Waals surface area contributed by atoms with Crippen molar-refractivity contribution >= 4 is 5.91 Å². The number of carbonyl (C=O) groups excluding carboxylic acids is 1. The predicted octanol–water partition coefficient (Wildman–Crippen LogP) is 3.12. The Balaban J connectivity index is 1.38. The summed E-state index contributed by atoms with van der Waals surface area (Å²) in [5, 5.41) is 10.9. The molecule has 3 aromatic rings. The van der Waals surface area contributed by atoms with Crippen molar-refractivity contribution in [3.63, 3.8) is 0 Å². The zero-order chi connectivity index (χ0) is 20.3. The van der Waals surface area contributed by atoms with Gasteiger partial charge in [-0.3, -0.25) is 4.79 Å². The van der Waals surface area contributed by atoms with Crippen LogP contribution in [0.5, 0.6) is 17.4 Å². The lowest BCUT2D eigenvalue weighted by Gasteiger charge is -2.11. The van der Waals surface area contributed by atoms with Gasteiger partial charge < -0.3 is 19.5 Å². The molecule has 0 unspecified atom stereocenters. The van der Waals surface area contributed by atoms with E-state index in [0.717, 1.165) is 11.3 Å². The van der Waals surface area contributed by atoms with Crippen molar-refractivity contribution in [3.8, 4) is 28.6 Å². The van der Waals surface area contributed by atoms with Crippen molar-refractivity contribution in [1.82, 2.24) is 15.5 Å². The fourth-order valence-electron chi connectivity index (χ4n) is 2.54. The first-order valence-corrected chi connectivity index (χ1v) is 9.39. The van der Waals surface area contributed by atoms with Gasteiger partial charge in [0.15, 0.2) is 18.1 Å². The molecule has 1 aromatic heterocycles. The minimum atomic E-state index is -0.245. The van der Waals surface area contributed by atoms with Crippen molar-refractivity contribution in [2.24, 2.45) is 0 Å². The zero-order valence-electron chi connectivity index (χ0n) is 16.2. The molecule has 0 saturated heterocycles. The van der Waals surface area contributed by atoms with Gasteiger partial charge in [-0.05, 0) is 25.1 Å². The summed E-state index contributed by atoms with van der Waals surface area (Å²) in [7, 11) is 0. The topological polar surface area (TPSA) is 82.6 Å².